The fraction of sp³-hybridized carbons (Fsp3) is 0.500. The van der Waals surface area contributed by atoms with Crippen molar-refractivity contribution in [2.45, 2.75) is 39.7 Å². The normalized spacial score (nSPS) is 10.8. The second-order valence-corrected chi connectivity index (χ2v) is 3.75. The summed E-state index contributed by atoms with van der Waals surface area (Å²) in [5.74, 6) is 0. The van der Waals surface area contributed by atoms with Gasteiger partial charge in [0.1, 0.15) is 0 Å². The van der Waals surface area contributed by atoms with E-state index in [1.54, 1.807) is 0 Å². The zero-order valence-corrected chi connectivity index (χ0v) is 8.88. The molecule has 0 aliphatic carbocycles. The van der Waals surface area contributed by atoms with Gasteiger partial charge in [-0.1, -0.05) is 6.08 Å². The molecule has 0 saturated carbocycles. The molecule has 0 aliphatic heterocycles. The molecule has 0 unspecified atom stereocenters. The van der Waals surface area contributed by atoms with Crippen LogP contribution < -0.4 is 0 Å². The van der Waals surface area contributed by atoms with Crippen molar-refractivity contribution in [3.63, 3.8) is 0 Å². The van der Waals surface area contributed by atoms with Crippen molar-refractivity contribution < 1.29 is 0 Å². The van der Waals surface area contributed by atoms with Crippen LogP contribution in [-0.4, -0.2) is 4.57 Å². The van der Waals surface area contributed by atoms with Crippen LogP contribution in [0.5, 0.6) is 0 Å². The zero-order valence-electron chi connectivity index (χ0n) is 8.88. The molecule has 1 rings (SSSR count). The lowest BCUT2D eigenvalue weighted by Crippen LogP contribution is -2.01. The van der Waals surface area contributed by atoms with Gasteiger partial charge in [0, 0.05) is 17.9 Å². The van der Waals surface area contributed by atoms with E-state index in [1.165, 1.54) is 11.3 Å². The van der Waals surface area contributed by atoms with Gasteiger partial charge >= 0.3 is 0 Å². The van der Waals surface area contributed by atoms with Crippen molar-refractivity contribution in [3.8, 4) is 0 Å². The highest BCUT2D eigenvalue weighted by molar-refractivity contribution is 5.22. The number of aromatic nitrogens is 1. The summed E-state index contributed by atoms with van der Waals surface area (Å²) >= 11 is 0. The molecule has 0 bridgehead atoms. The molecule has 0 aromatic carbocycles. The monoisotopic (exact) mass is 177 g/mol. The lowest BCUT2D eigenvalue weighted by Gasteiger charge is -2.10. The minimum Gasteiger partial charge on any atom is -0.349 e. The van der Waals surface area contributed by atoms with Gasteiger partial charge in [0.25, 0.3) is 0 Å². The number of allylic oxidation sites excluding steroid dienone is 1. The highest BCUT2D eigenvalue weighted by Gasteiger charge is 2.05. The molecule has 1 heteroatoms. The first-order valence-corrected chi connectivity index (χ1v) is 4.94. The maximum Gasteiger partial charge on any atom is 0.0276 e. The van der Waals surface area contributed by atoms with Crippen LogP contribution in [0.15, 0.2) is 24.9 Å². The first-order valence-electron chi connectivity index (χ1n) is 4.94. The first kappa shape index (κ1) is 10.1. The van der Waals surface area contributed by atoms with Gasteiger partial charge in [0.05, 0.1) is 0 Å². The average Bonchev–Trinajstić information content (AvgIpc) is 2.43. The summed E-state index contributed by atoms with van der Waals surface area (Å²) in [7, 11) is 0. The van der Waals surface area contributed by atoms with E-state index in [1.807, 2.05) is 6.08 Å². The van der Waals surface area contributed by atoms with Crippen molar-refractivity contribution in [2.24, 2.45) is 0 Å². The Morgan fingerprint density at radius 1 is 1.54 bits per heavy atom. The number of nitrogens with zero attached hydrogens (tertiary/aromatic N) is 1. The minimum atomic E-state index is 0.567. The SMILES string of the molecule is C=CCCc1ccn(C(C)C)c1C. The van der Waals surface area contributed by atoms with E-state index in [0.29, 0.717) is 6.04 Å². The van der Waals surface area contributed by atoms with Gasteiger partial charge in [0.2, 0.25) is 0 Å². The number of aryl methyl sites for hydroxylation is 1. The van der Waals surface area contributed by atoms with Crippen LogP contribution in [0.1, 0.15) is 37.6 Å². The Balaban J connectivity index is 2.80. The number of rotatable bonds is 4. The maximum atomic E-state index is 3.74. The molecule has 72 valence electrons. The molecule has 1 nitrogen and oxygen atoms in total. The lowest BCUT2D eigenvalue weighted by atomic mass is 10.1. The standard InChI is InChI=1S/C12H19N/c1-5-6-7-12-8-9-13(10(2)3)11(12)4/h5,8-10H,1,6-7H2,2-4H3. The fourth-order valence-corrected chi connectivity index (χ4v) is 1.65. The second kappa shape index (κ2) is 4.31. The summed E-state index contributed by atoms with van der Waals surface area (Å²) < 4.78 is 2.32. The average molecular weight is 177 g/mol. The molecule has 0 saturated heterocycles. The highest BCUT2D eigenvalue weighted by atomic mass is 15.0. The largest absolute Gasteiger partial charge is 0.349 e. The molecule has 1 aromatic rings. The Hall–Kier alpha value is -0.980. The van der Waals surface area contributed by atoms with Crippen LogP contribution >= 0.6 is 0 Å². The van der Waals surface area contributed by atoms with Crippen LogP contribution in [0, 0.1) is 6.92 Å². The number of hydrogen-bond acceptors (Lipinski definition) is 0. The van der Waals surface area contributed by atoms with Crippen molar-refractivity contribution in [1.82, 2.24) is 4.57 Å². The molecular weight excluding hydrogens is 158 g/mol. The molecule has 0 spiro atoms. The van der Waals surface area contributed by atoms with Gasteiger partial charge in [-0.05, 0) is 45.2 Å². The highest BCUT2D eigenvalue weighted by Crippen LogP contribution is 2.16. The Kier molecular flexibility index (Phi) is 3.35. The van der Waals surface area contributed by atoms with E-state index in [4.69, 9.17) is 0 Å². The van der Waals surface area contributed by atoms with Gasteiger partial charge in [-0.2, -0.15) is 0 Å². The molecule has 0 atom stereocenters. The molecular formula is C12H19N. The van der Waals surface area contributed by atoms with E-state index < -0.39 is 0 Å². The summed E-state index contributed by atoms with van der Waals surface area (Å²) in [6.45, 7) is 10.4. The third-order valence-corrected chi connectivity index (χ3v) is 2.46. The van der Waals surface area contributed by atoms with Gasteiger partial charge < -0.3 is 4.57 Å². The van der Waals surface area contributed by atoms with Gasteiger partial charge in [-0.15, -0.1) is 6.58 Å². The van der Waals surface area contributed by atoms with Crippen LogP contribution in [0.2, 0.25) is 0 Å². The molecule has 1 aromatic heterocycles. The predicted molar refractivity (Wildman–Crippen MR) is 58.1 cm³/mol. The smallest absolute Gasteiger partial charge is 0.0276 e. The van der Waals surface area contributed by atoms with Crippen molar-refractivity contribution >= 4 is 0 Å². The van der Waals surface area contributed by atoms with E-state index in [9.17, 15) is 0 Å². The van der Waals surface area contributed by atoms with E-state index in [2.05, 4.69) is 44.2 Å². The Bertz CT molecular complexity index is 281. The molecule has 0 amide bonds. The molecule has 0 N–H and O–H groups in total. The Morgan fingerprint density at radius 3 is 2.69 bits per heavy atom. The van der Waals surface area contributed by atoms with E-state index >= 15 is 0 Å². The third kappa shape index (κ3) is 2.24. The van der Waals surface area contributed by atoms with Gasteiger partial charge in [-0.3, -0.25) is 0 Å². The van der Waals surface area contributed by atoms with E-state index in [0.717, 1.165) is 12.8 Å². The molecule has 13 heavy (non-hydrogen) atoms. The summed E-state index contributed by atoms with van der Waals surface area (Å²) in [5.41, 5.74) is 2.85. The van der Waals surface area contributed by atoms with Crippen molar-refractivity contribution in [3.05, 3.63) is 36.2 Å². The molecule has 1 heterocycles. The summed E-state index contributed by atoms with van der Waals surface area (Å²) in [6, 6.07) is 2.79. The predicted octanol–water partition coefficient (Wildman–Crippen LogP) is 3.50. The van der Waals surface area contributed by atoms with Crippen molar-refractivity contribution in [1.29, 1.82) is 0 Å². The maximum absolute atomic E-state index is 3.74. The quantitative estimate of drug-likeness (QED) is 0.620. The van der Waals surface area contributed by atoms with Crippen LogP contribution in [0.4, 0.5) is 0 Å². The Morgan fingerprint density at radius 2 is 2.23 bits per heavy atom. The van der Waals surface area contributed by atoms with Gasteiger partial charge in [0.15, 0.2) is 0 Å². The van der Waals surface area contributed by atoms with E-state index in [-0.39, 0.29) is 0 Å². The number of hydrogen-bond donors (Lipinski definition) is 0. The van der Waals surface area contributed by atoms with Gasteiger partial charge in [-0.25, -0.2) is 0 Å². The summed E-state index contributed by atoms with van der Waals surface area (Å²) in [5, 5.41) is 0. The lowest BCUT2D eigenvalue weighted by molar-refractivity contribution is 0.586. The molecule has 0 aliphatic rings. The van der Waals surface area contributed by atoms with Crippen molar-refractivity contribution in [2.75, 3.05) is 0 Å². The zero-order chi connectivity index (χ0) is 9.84. The summed E-state index contributed by atoms with van der Waals surface area (Å²) in [6.07, 6.45) is 6.35. The fourth-order valence-electron chi connectivity index (χ4n) is 1.65. The van der Waals surface area contributed by atoms with Crippen LogP contribution in [-0.2, 0) is 6.42 Å². The minimum absolute atomic E-state index is 0.567. The van der Waals surface area contributed by atoms with Crippen LogP contribution in [0.25, 0.3) is 0 Å². The second-order valence-electron chi connectivity index (χ2n) is 3.75. The Labute approximate surface area is 81.1 Å². The first-order chi connectivity index (χ1) is 6.16. The molecule has 0 radical (unpaired) electrons. The molecule has 0 fully saturated rings. The summed E-state index contributed by atoms with van der Waals surface area (Å²) in [4.78, 5) is 0. The van der Waals surface area contributed by atoms with Crippen LogP contribution in [0.3, 0.4) is 0 Å². The third-order valence-electron chi connectivity index (χ3n) is 2.46. The topological polar surface area (TPSA) is 4.93 Å².